The van der Waals surface area contributed by atoms with E-state index in [1.807, 2.05) is 6.92 Å². The molecule has 0 radical (unpaired) electrons. The molecule has 0 saturated carbocycles. The van der Waals surface area contributed by atoms with Gasteiger partial charge in [-0.15, -0.1) is 0 Å². The highest BCUT2D eigenvalue weighted by molar-refractivity contribution is 7.89. The first-order valence-corrected chi connectivity index (χ1v) is 8.72. The first-order chi connectivity index (χ1) is 9.93. The molecule has 2 rings (SSSR count). The molecule has 1 aliphatic rings. The van der Waals surface area contributed by atoms with Crippen LogP contribution >= 0.6 is 0 Å². The second-order valence-electron chi connectivity index (χ2n) is 5.61. The number of hydrogen-bond donors (Lipinski definition) is 1. The topological polar surface area (TPSA) is 65.5 Å². The van der Waals surface area contributed by atoms with Crippen LogP contribution < -0.4 is 5.32 Å². The van der Waals surface area contributed by atoms with Crippen LogP contribution in [0.15, 0.2) is 23.2 Å². The molecule has 118 valence electrons. The molecule has 0 amide bonds. The van der Waals surface area contributed by atoms with Crippen molar-refractivity contribution in [1.29, 1.82) is 0 Å². The van der Waals surface area contributed by atoms with Crippen molar-refractivity contribution in [2.75, 3.05) is 45.6 Å². The van der Waals surface area contributed by atoms with E-state index in [1.165, 1.54) is 10.5 Å². The van der Waals surface area contributed by atoms with Crippen molar-refractivity contribution in [2.24, 2.45) is 5.92 Å². The highest BCUT2D eigenvalue weighted by Gasteiger charge is 2.27. The number of hydrogen-bond acceptors (Lipinski definition) is 5. The fourth-order valence-electron chi connectivity index (χ4n) is 2.64. The van der Waals surface area contributed by atoms with E-state index in [2.05, 4.69) is 22.2 Å². The Hall–Kier alpha value is -1.18. The van der Waals surface area contributed by atoms with Crippen molar-refractivity contribution in [2.45, 2.75) is 18.2 Å². The van der Waals surface area contributed by atoms with Crippen LogP contribution in [0.1, 0.15) is 13.3 Å². The van der Waals surface area contributed by atoms with E-state index < -0.39 is 10.0 Å². The second kappa shape index (κ2) is 6.72. The van der Waals surface area contributed by atoms with Gasteiger partial charge in [-0.2, -0.15) is 0 Å². The number of anilines is 1. The Kier molecular flexibility index (Phi) is 5.18. The maximum atomic E-state index is 12.5. The molecule has 1 N–H and O–H groups in total. The molecule has 0 aromatic carbocycles. The molecule has 1 fully saturated rings. The van der Waals surface area contributed by atoms with E-state index in [4.69, 9.17) is 0 Å². The summed E-state index contributed by atoms with van der Waals surface area (Å²) in [5.41, 5.74) is 0. The lowest BCUT2D eigenvalue weighted by molar-refractivity contribution is 0.356. The largest absolute Gasteiger partial charge is 0.370 e. The molecule has 0 aliphatic carbocycles. The first-order valence-electron chi connectivity index (χ1n) is 7.28. The van der Waals surface area contributed by atoms with Crippen LogP contribution in [0.25, 0.3) is 0 Å². The molecule has 1 unspecified atom stereocenters. The van der Waals surface area contributed by atoms with Crippen molar-refractivity contribution in [3.8, 4) is 0 Å². The van der Waals surface area contributed by atoms with Gasteiger partial charge in [-0.25, -0.2) is 17.7 Å². The number of sulfonamides is 1. The molecule has 2 heterocycles. The molecule has 1 aliphatic heterocycles. The summed E-state index contributed by atoms with van der Waals surface area (Å²) >= 11 is 0. The third-order valence-corrected chi connectivity index (χ3v) is 5.61. The highest BCUT2D eigenvalue weighted by Crippen LogP contribution is 2.20. The summed E-state index contributed by atoms with van der Waals surface area (Å²) in [4.78, 5) is 6.62. The minimum Gasteiger partial charge on any atom is -0.370 e. The van der Waals surface area contributed by atoms with Gasteiger partial charge in [0.05, 0.1) is 0 Å². The maximum Gasteiger partial charge on any atom is 0.244 e. The summed E-state index contributed by atoms with van der Waals surface area (Å²) in [6.07, 6.45) is 2.47. The third kappa shape index (κ3) is 3.93. The zero-order valence-corrected chi connectivity index (χ0v) is 13.7. The molecule has 21 heavy (non-hydrogen) atoms. The average molecular weight is 312 g/mol. The average Bonchev–Trinajstić information content (AvgIpc) is 2.85. The monoisotopic (exact) mass is 312 g/mol. The first kappa shape index (κ1) is 16.2. The number of nitrogens with zero attached hydrogens (tertiary/aromatic N) is 3. The zero-order chi connectivity index (χ0) is 15.5. The summed E-state index contributed by atoms with van der Waals surface area (Å²) in [6.45, 7) is 5.28. The molecular weight excluding hydrogens is 288 g/mol. The van der Waals surface area contributed by atoms with Gasteiger partial charge in [-0.3, -0.25) is 0 Å². The fraction of sp³-hybridized carbons (Fsp3) is 0.643. The van der Waals surface area contributed by atoms with Gasteiger partial charge in [0, 0.05) is 32.9 Å². The summed E-state index contributed by atoms with van der Waals surface area (Å²) < 4.78 is 26.5. The van der Waals surface area contributed by atoms with E-state index in [-0.39, 0.29) is 4.90 Å². The number of aromatic nitrogens is 1. The van der Waals surface area contributed by atoms with Gasteiger partial charge in [0.15, 0.2) is 0 Å². The minimum atomic E-state index is -3.45. The van der Waals surface area contributed by atoms with Crippen LogP contribution in [0.5, 0.6) is 0 Å². The Balaban J connectivity index is 2.05. The van der Waals surface area contributed by atoms with Crippen molar-refractivity contribution in [3.63, 3.8) is 0 Å². The van der Waals surface area contributed by atoms with Crippen LogP contribution in [0.3, 0.4) is 0 Å². The van der Waals surface area contributed by atoms with Gasteiger partial charge in [-0.05, 0) is 45.0 Å². The Labute approximate surface area is 127 Å². The van der Waals surface area contributed by atoms with Crippen LogP contribution in [-0.4, -0.2) is 62.9 Å². The number of pyridine rings is 1. The summed E-state index contributed by atoms with van der Waals surface area (Å²) in [6, 6.07) is 3.31. The number of rotatable bonds is 6. The van der Waals surface area contributed by atoms with Gasteiger partial charge in [0.25, 0.3) is 0 Å². The highest BCUT2D eigenvalue weighted by atomic mass is 32.2. The van der Waals surface area contributed by atoms with Crippen molar-refractivity contribution in [1.82, 2.24) is 14.2 Å². The molecule has 0 spiro atoms. The Morgan fingerprint density at radius 3 is 2.76 bits per heavy atom. The van der Waals surface area contributed by atoms with Crippen molar-refractivity contribution >= 4 is 15.8 Å². The molecule has 1 saturated heterocycles. The molecule has 0 bridgehead atoms. The predicted octanol–water partition coefficient (Wildman–Crippen LogP) is 1.09. The molecule has 7 heteroatoms. The minimum absolute atomic E-state index is 0.248. The molecule has 1 aromatic heterocycles. The van der Waals surface area contributed by atoms with Crippen LogP contribution in [0.4, 0.5) is 5.82 Å². The number of likely N-dealkylation sites (tertiary alicyclic amines) is 1. The van der Waals surface area contributed by atoms with Gasteiger partial charge in [-0.1, -0.05) is 0 Å². The summed E-state index contributed by atoms with van der Waals surface area (Å²) in [5.74, 6) is 1.10. The molecular formula is C14H24N4O2S. The van der Waals surface area contributed by atoms with Gasteiger partial charge >= 0.3 is 0 Å². The lowest BCUT2D eigenvalue weighted by atomic mass is 10.1. The maximum absolute atomic E-state index is 12.5. The van der Waals surface area contributed by atoms with Gasteiger partial charge in [0.2, 0.25) is 10.0 Å². The molecule has 1 aromatic rings. The Bertz CT molecular complexity index is 559. The lowest BCUT2D eigenvalue weighted by Gasteiger charge is -2.20. The standard InChI is InChI=1S/C14H24N4O2S/c1-4-15-14-6-5-13(9-16-14)21(19,20)18(3)11-12-7-8-17(2)10-12/h5-6,9,12H,4,7-8,10-11H2,1-3H3,(H,15,16). The summed E-state index contributed by atoms with van der Waals surface area (Å²) in [5, 5.41) is 3.05. The lowest BCUT2D eigenvalue weighted by Crippen LogP contribution is -2.33. The Morgan fingerprint density at radius 2 is 2.24 bits per heavy atom. The zero-order valence-electron chi connectivity index (χ0n) is 12.9. The second-order valence-corrected chi connectivity index (χ2v) is 7.66. The number of nitrogens with one attached hydrogen (secondary N) is 1. The van der Waals surface area contributed by atoms with Crippen molar-refractivity contribution < 1.29 is 8.42 Å². The summed E-state index contributed by atoms with van der Waals surface area (Å²) in [7, 11) is 0.261. The van der Waals surface area contributed by atoms with Gasteiger partial charge < -0.3 is 10.2 Å². The van der Waals surface area contributed by atoms with E-state index in [0.29, 0.717) is 18.3 Å². The third-order valence-electron chi connectivity index (χ3n) is 3.81. The SMILES string of the molecule is CCNc1ccc(S(=O)(=O)N(C)CC2CCN(C)C2)cn1. The fourth-order valence-corrected chi connectivity index (χ4v) is 3.83. The Morgan fingerprint density at radius 1 is 1.48 bits per heavy atom. The normalized spacial score (nSPS) is 20.1. The van der Waals surface area contributed by atoms with Crippen LogP contribution in [0.2, 0.25) is 0 Å². The van der Waals surface area contributed by atoms with E-state index in [0.717, 1.165) is 26.1 Å². The molecule has 1 atom stereocenters. The van der Waals surface area contributed by atoms with Crippen molar-refractivity contribution in [3.05, 3.63) is 18.3 Å². The van der Waals surface area contributed by atoms with Gasteiger partial charge in [0.1, 0.15) is 10.7 Å². The van der Waals surface area contributed by atoms with Crippen LogP contribution in [-0.2, 0) is 10.0 Å². The van der Waals surface area contributed by atoms with E-state index in [1.54, 1.807) is 19.2 Å². The molecule has 6 nitrogen and oxygen atoms in total. The smallest absolute Gasteiger partial charge is 0.244 e. The van der Waals surface area contributed by atoms with Crippen LogP contribution in [0, 0.1) is 5.92 Å². The van der Waals surface area contributed by atoms with E-state index >= 15 is 0 Å². The van der Waals surface area contributed by atoms with E-state index in [9.17, 15) is 8.42 Å². The predicted molar refractivity (Wildman–Crippen MR) is 83.8 cm³/mol. The quantitative estimate of drug-likeness (QED) is 0.852.